The third-order valence-electron chi connectivity index (χ3n) is 2.50. The number of aliphatic hydroxyl groups excluding tert-OH is 1. The summed E-state index contributed by atoms with van der Waals surface area (Å²) in [5, 5.41) is 21.5. The summed E-state index contributed by atoms with van der Waals surface area (Å²) >= 11 is 0. The van der Waals surface area contributed by atoms with E-state index in [1.807, 2.05) is 0 Å². The zero-order chi connectivity index (χ0) is 14.8. The van der Waals surface area contributed by atoms with Gasteiger partial charge in [0, 0.05) is 6.04 Å². The Morgan fingerprint density at radius 1 is 1.47 bits per heavy atom. The van der Waals surface area contributed by atoms with E-state index in [0.29, 0.717) is 0 Å². The Morgan fingerprint density at radius 3 is 2.53 bits per heavy atom. The van der Waals surface area contributed by atoms with E-state index in [2.05, 4.69) is 9.82 Å². The van der Waals surface area contributed by atoms with E-state index in [9.17, 15) is 13.2 Å². The second kappa shape index (κ2) is 5.68. The van der Waals surface area contributed by atoms with Gasteiger partial charge in [0.2, 0.25) is 10.0 Å². The number of carbonyl (C=O) groups is 1. The van der Waals surface area contributed by atoms with Gasteiger partial charge in [0.15, 0.2) is 0 Å². The van der Waals surface area contributed by atoms with Crippen molar-refractivity contribution in [3.05, 3.63) is 11.4 Å². The van der Waals surface area contributed by atoms with Crippen LogP contribution >= 0.6 is 0 Å². The Balaban J connectivity index is 3.20. The van der Waals surface area contributed by atoms with Crippen LogP contribution in [0.3, 0.4) is 0 Å². The highest BCUT2D eigenvalue weighted by molar-refractivity contribution is 7.89. The first-order valence-electron chi connectivity index (χ1n) is 5.58. The maximum absolute atomic E-state index is 12.1. The number of hydrogen-bond acceptors (Lipinski definition) is 5. The number of nitrogens with zero attached hydrogens (tertiary/aromatic N) is 2. The molecule has 1 heterocycles. The predicted octanol–water partition coefficient (Wildman–Crippen LogP) is -0.756. The number of carboxylic acids is 1. The zero-order valence-corrected chi connectivity index (χ0v) is 11.7. The second-order valence-corrected chi connectivity index (χ2v) is 5.91. The van der Waals surface area contributed by atoms with Crippen LogP contribution in [0.25, 0.3) is 0 Å². The van der Waals surface area contributed by atoms with Gasteiger partial charge >= 0.3 is 5.97 Å². The summed E-state index contributed by atoms with van der Waals surface area (Å²) in [7, 11) is -3.83. The molecule has 8 nitrogen and oxygen atoms in total. The second-order valence-electron chi connectivity index (χ2n) is 4.26. The number of aliphatic carboxylic acids is 1. The monoisotopic (exact) mass is 291 g/mol. The number of aromatic nitrogens is 2. The van der Waals surface area contributed by atoms with E-state index >= 15 is 0 Å². The summed E-state index contributed by atoms with van der Waals surface area (Å²) in [5.74, 6) is -1.11. The molecule has 0 fully saturated rings. The molecule has 0 saturated carbocycles. The number of sulfonamides is 1. The van der Waals surface area contributed by atoms with Crippen molar-refractivity contribution in [3.63, 3.8) is 0 Å². The highest BCUT2D eigenvalue weighted by Gasteiger charge is 2.26. The number of rotatable bonds is 6. The molecule has 1 aromatic heterocycles. The van der Waals surface area contributed by atoms with Gasteiger partial charge in [-0.1, -0.05) is 0 Å². The molecule has 0 aliphatic carbocycles. The van der Waals surface area contributed by atoms with Crippen LogP contribution < -0.4 is 4.72 Å². The smallest absolute Gasteiger partial charge is 0.325 e. The van der Waals surface area contributed by atoms with Crippen molar-refractivity contribution in [2.75, 3.05) is 6.61 Å². The summed E-state index contributed by atoms with van der Waals surface area (Å²) in [6, 6.07) is -0.633. The Labute approximate surface area is 111 Å². The Hall–Kier alpha value is -1.45. The maximum Gasteiger partial charge on any atom is 0.325 e. The van der Waals surface area contributed by atoms with Crippen molar-refractivity contribution in [2.45, 2.75) is 38.3 Å². The molecule has 108 valence electrons. The molecule has 1 aromatic rings. The molecule has 0 radical (unpaired) electrons. The summed E-state index contributed by atoms with van der Waals surface area (Å²) in [6.07, 6.45) is 0. The Kier molecular flexibility index (Phi) is 4.66. The summed E-state index contributed by atoms with van der Waals surface area (Å²) in [6.45, 7) is 3.76. The molecule has 0 aliphatic rings. The van der Waals surface area contributed by atoms with E-state index in [0.717, 1.165) is 4.68 Å². The van der Waals surface area contributed by atoms with E-state index < -0.39 is 28.6 Å². The average molecular weight is 291 g/mol. The molecular weight excluding hydrogens is 274 g/mol. The van der Waals surface area contributed by atoms with Crippen molar-refractivity contribution in [3.8, 4) is 0 Å². The van der Waals surface area contributed by atoms with Gasteiger partial charge in [0.25, 0.3) is 0 Å². The van der Waals surface area contributed by atoms with Crippen LogP contribution in [0.1, 0.15) is 18.3 Å². The quantitative estimate of drug-likeness (QED) is 0.633. The Bertz CT molecular complexity index is 578. The zero-order valence-electron chi connectivity index (χ0n) is 10.9. The molecule has 0 saturated heterocycles. The van der Waals surface area contributed by atoms with Gasteiger partial charge in [0.05, 0.1) is 18.0 Å². The topological polar surface area (TPSA) is 122 Å². The number of aliphatic hydroxyl groups is 1. The lowest BCUT2D eigenvalue weighted by molar-refractivity contribution is -0.137. The molecule has 1 atom stereocenters. The number of carboxylic acid groups (broad SMARTS) is 1. The third-order valence-corrected chi connectivity index (χ3v) is 4.34. The van der Waals surface area contributed by atoms with Crippen LogP contribution in [0, 0.1) is 13.8 Å². The van der Waals surface area contributed by atoms with Gasteiger partial charge in [-0.05, 0) is 20.8 Å². The minimum absolute atomic E-state index is 0.0472. The van der Waals surface area contributed by atoms with Gasteiger partial charge < -0.3 is 10.2 Å². The summed E-state index contributed by atoms with van der Waals surface area (Å²) < 4.78 is 27.7. The minimum atomic E-state index is -3.83. The highest BCUT2D eigenvalue weighted by Crippen LogP contribution is 2.19. The van der Waals surface area contributed by atoms with Crippen LogP contribution in [0.4, 0.5) is 0 Å². The van der Waals surface area contributed by atoms with Gasteiger partial charge in [-0.25, -0.2) is 13.1 Å². The van der Waals surface area contributed by atoms with Gasteiger partial charge in [-0.2, -0.15) is 5.10 Å². The first-order chi connectivity index (χ1) is 8.69. The molecule has 0 amide bonds. The lowest BCUT2D eigenvalue weighted by atomic mass is 10.4. The SMILES string of the molecule is Cc1nn(CC(=O)O)c(C)c1S(=O)(=O)N[C@@H](C)CO. The normalized spacial score (nSPS) is 13.5. The van der Waals surface area contributed by atoms with E-state index in [1.165, 1.54) is 20.8 Å². The van der Waals surface area contributed by atoms with Gasteiger partial charge in [0.1, 0.15) is 11.4 Å². The van der Waals surface area contributed by atoms with Crippen LogP contribution in [0.5, 0.6) is 0 Å². The minimum Gasteiger partial charge on any atom is -0.480 e. The van der Waals surface area contributed by atoms with E-state index in [-0.39, 0.29) is 22.9 Å². The molecule has 3 N–H and O–H groups in total. The molecule has 0 spiro atoms. The van der Waals surface area contributed by atoms with Crippen LogP contribution in [-0.4, -0.2) is 47.0 Å². The molecule has 9 heteroatoms. The highest BCUT2D eigenvalue weighted by atomic mass is 32.2. The standard InChI is InChI=1S/C10H17N3O5S/c1-6(5-14)12-19(17,18)10-7(2)11-13(8(10)3)4-9(15)16/h6,12,14H,4-5H2,1-3H3,(H,15,16)/t6-/m0/s1. The molecule has 0 bridgehead atoms. The van der Waals surface area contributed by atoms with Crippen molar-refractivity contribution < 1.29 is 23.4 Å². The molecule has 19 heavy (non-hydrogen) atoms. The van der Waals surface area contributed by atoms with Crippen molar-refractivity contribution >= 4 is 16.0 Å². The fraction of sp³-hybridized carbons (Fsp3) is 0.600. The van der Waals surface area contributed by atoms with Gasteiger partial charge in [-0.3, -0.25) is 9.48 Å². The molecular formula is C10H17N3O5S. The lowest BCUT2D eigenvalue weighted by Crippen LogP contribution is -2.35. The number of hydrogen-bond donors (Lipinski definition) is 3. The molecule has 0 unspecified atom stereocenters. The summed E-state index contributed by atoms with van der Waals surface area (Å²) in [5.41, 5.74) is 0.467. The molecule has 1 rings (SSSR count). The third kappa shape index (κ3) is 3.52. The van der Waals surface area contributed by atoms with Crippen molar-refractivity contribution in [1.82, 2.24) is 14.5 Å². The number of aryl methyl sites for hydroxylation is 1. The largest absolute Gasteiger partial charge is 0.480 e. The van der Waals surface area contributed by atoms with Crippen LogP contribution in [0.2, 0.25) is 0 Å². The first-order valence-corrected chi connectivity index (χ1v) is 7.06. The van der Waals surface area contributed by atoms with Crippen molar-refractivity contribution in [1.29, 1.82) is 0 Å². The molecule has 0 aliphatic heterocycles. The predicted molar refractivity (Wildman–Crippen MR) is 66.2 cm³/mol. The maximum atomic E-state index is 12.1. The van der Waals surface area contributed by atoms with E-state index in [4.69, 9.17) is 10.2 Å². The first kappa shape index (κ1) is 15.6. The fourth-order valence-electron chi connectivity index (χ4n) is 1.71. The van der Waals surface area contributed by atoms with E-state index in [1.54, 1.807) is 0 Å². The average Bonchev–Trinajstić information content (AvgIpc) is 2.52. The molecule has 0 aromatic carbocycles. The summed E-state index contributed by atoms with van der Waals surface area (Å²) in [4.78, 5) is 10.6. The van der Waals surface area contributed by atoms with Crippen LogP contribution in [-0.2, 0) is 21.4 Å². The Morgan fingerprint density at radius 2 is 2.05 bits per heavy atom. The van der Waals surface area contributed by atoms with Crippen LogP contribution in [0.15, 0.2) is 4.90 Å². The van der Waals surface area contributed by atoms with Gasteiger partial charge in [-0.15, -0.1) is 0 Å². The fourth-order valence-corrected chi connectivity index (χ4v) is 3.36. The number of nitrogens with one attached hydrogen (secondary N) is 1. The van der Waals surface area contributed by atoms with Crippen molar-refractivity contribution in [2.24, 2.45) is 0 Å². The lowest BCUT2D eigenvalue weighted by Gasteiger charge is -2.11.